The second kappa shape index (κ2) is 10.1. The highest BCUT2D eigenvalue weighted by molar-refractivity contribution is 5.92. The van der Waals surface area contributed by atoms with Crippen molar-refractivity contribution in [3.63, 3.8) is 0 Å². The standard InChI is InChI=1S/C24H26F3N3O3/c1-15(2)22(32)29-20-8-6-16(7-9-20)12-28-23(33)18-11-21(31)30(14-18)13-17-4-3-5-19(10-17)24(25,26)27/h3-10,15,18H,11-14H2,1-2H3,(H,28,33)(H,29,32). The molecule has 2 N–H and O–H groups in total. The Balaban J connectivity index is 1.52. The fraction of sp³-hybridized carbons (Fsp3) is 0.375. The maximum atomic E-state index is 12.9. The molecule has 0 radical (unpaired) electrons. The molecule has 9 heteroatoms. The highest BCUT2D eigenvalue weighted by Gasteiger charge is 2.35. The Morgan fingerprint density at radius 2 is 1.79 bits per heavy atom. The minimum atomic E-state index is -4.45. The van der Waals surface area contributed by atoms with Crippen molar-refractivity contribution in [2.24, 2.45) is 11.8 Å². The van der Waals surface area contributed by atoms with Gasteiger partial charge in [0.25, 0.3) is 0 Å². The fourth-order valence-electron chi connectivity index (χ4n) is 3.49. The third-order valence-corrected chi connectivity index (χ3v) is 5.43. The summed E-state index contributed by atoms with van der Waals surface area (Å²) >= 11 is 0. The minimum Gasteiger partial charge on any atom is -0.352 e. The highest BCUT2D eigenvalue weighted by atomic mass is 19.4. The van der Waals surface area contributed by atoms with E-state index in [0.29, 0.717) is 11.3 Å². The Morgan fingerprint density at radius 3 is 2.42 bits per heavy atom. The van der Waals surface area contributed by atoms with Crippen LogP contribution < -0.4 is 10.6 Å². The van der Waals surface area contributed by atoms with E-state index in [0.717, 1.165) is 17.7 Å². The number of rotatable bonds is 7. The van der Waals surface area contributed by atoms with Crippen LogP contribution in [0.15, 0.2) is 48.5 Å². The number of amides is 3. The lowest BCUT2D eigenvalue weighted by molar-refractivity contribution is -0.137. The second-order valence-electron chi connectivity index (χ2n) is 8.43. The van der Waals surface area contributed by atoms with E-state index in [2.05, 4.69) is 10.6 Å². The van der Waals surface area contributed by atoms with Crippen LogP contribution in [0.25, 0.3) is 0 Å². The number of carbonyl (C=O) groups excluding carboxylic acids is 3. The van der Waals surface area contributed by atoms with Crippen molar-refractivity contribution in [3.05, 3.63) is 65.2 Å². The summed E-state index contributed by atoms with van der Waals surface area (Å²) in [6.07, 6.45) is -4.43. The number of likely N-dealkylation sites (tertiary alicyclic amines) is 1. The van der Waals surface area contributed by atoms with Crippen LogP contribution in [-0.4, -0.2) is 29.2 Å². The molecule has 1 aliphatic heterocycles. The molecule has 1 aliphatic rings. The van der Waals surface area contributed by atoms with Gasteiger partial charge < -0.3 is 15.5 Å². The SMILES string of the molecule is CC(C)C(=O)Nc1ccc(CNC(=O)C2CC(=O)N(Cc3cccc(C(F)(F)F)c3)C2)cc1. The molecule has 1 fully saturated rings. The van der Waals surface area contributed by atoms with Gasteiger partial charge >= 0.3 is 6.18 Å². The molecule has 6 nitrogen and oxygen atoms in total. The van der Waals surface area contributed by atoms with Crippen LogP contribution in [0.1, 0.15) is 37.0 Å². The van der Waals surface area contributed by atoms with Crippen LogP contribution in [0.2, 0.25) is 0 Å². The lowest BCUT2D eigenvalue weighted by Crippen LogP contribution is -2.32. The molecule has 3 amide bonds. The van der Waals surface area contributed by atoms with E-state index in [9.17, 15) is 27.6 Å². The van der Waals surface area contributed by atoms with E-state index >= 15 is 0 Å². The van der Waals surface area contributed by atoms with Crippen molar-refractivity contribution in [2.45, 2.75) is 39.5 Å². The normalized spacial score (nSPS) is 16.2. The van der Waals surface area contributed by atoms with Gasteiger partial charge in [-0.25, -0.2) is 0 Å². The number of hydrogen-bond donors (Lipinski definition) is 2. The van der Waals surface area contributed by atoms with Crippen molar-refractivity contribution in [1.82, 2.24) is 10.2 Å². The predicted molar refractivity (Wildman–Crippen MR) is 117 cm³/mol. The Bertz CT molecular complexity index is 1020. The van der Waals surface area contributed by atoms with E-state index in [-0.39, 0.29) is 49.7 Å². The molecule has 0 saturated carbocycles. The van der Waals surface area contributed by atoms with E-state index < -0.39 is 17.7 Å². The zero-order chi connectivity index (χ0) is 24.2. The highest BCUT2D eigenvalue weighted by Crippen LogP contribution is 2.30. The summed E-state index contributed by atoms with van der Waals surface area (Å²) in [6, 6.07) is 11.9. The lowest BCUT2D eigenvalue weighted by atomic mass is 10.1. The number of carbonyl (C=O) groups is 3. The van der Waals surface area contributed by atoms with Crippen LogP contribution in [0, 0.1) is 11.8 Å². The van der Waals surface area contributed by atoms with Crippen LogP contribution in [-0.2, 0) is 33.6 Å². The maximum absolute atomic E-state index is 12.9. The number of nitrogens with one attached hydrogen (secondary N) is 2. The third kappa shape index (κ3) is 6.57. The molecule has 1 heterocycles. The van der Waals surface area contributed by atoms with Gasteiger partial charge in [0, 0.05) is 37.7 Å². The van der Waals surface area contributed by atoms with Gasteiger partial charge in [0.2, 0.25) is 17.7 Å². The average molecular weight is 461 g/mol. The molecular weight excluding hydrogens is 435 g/mol. The summed E-state index contributed by atoms with van der Waals surface area (Å²) in [5.41, 5.74) is 1.09. The van der Waals surface area contributed by atoms with Crippen molar-refractivity contribution < 1.29 is 27.6 Å². The Kier molecular flexibility index (Phi) is 7.40. The van der Waals surface area contributed by atoms with Crippen molar-refractivity contribution in [2.75, 3.05) is 11.9 Å². The molecule has 1 saturated heterocycles. The minimum absolute atomic E-state index is 0.0188. The Morgan fingerprint density at radius 1 is 1.09 bits per heavy atom. The molecule has 3 rings (SSSR count). The molecule has 0 aromatic heterocycles. The molecule has 1 atom stereocenters. The van der Waals surface area contributed by atoms with E-state index in [1.807, 2.05) is 0 Å². The second-order valence-corrected chi connectivity index (χ2v) is 8.43. The van der Waals surface area contributed by atoms with Crippen LogP contribution in [0.4, 0.5) is 18.9 Å². The molecule has 0 bridgehead atoms. The molecule has 33 heavy (non-hydrogen) atoms. The summed E-state index contributed by atoms with van der Waals surface area (Å²) in [5.74, 6) is -1.33. The number of benzene rings is 2. The van der Waals surface area contributed by atoms with Gasteiger partial charge in [0.1, 0.15) is 0 Å². The largest absolute Gasteiger partial charge is 0.416 e. The first kappa shape index (κ1) is 24.3. The molecular formula is C24H26F3N3O3. The predicted octanol–water partition coefficient (Wildman–Crippen LogP) is 3.96. The number of hydrogen-bond acceptors (Lipinski definition) is 3. The summed E-state index contributed by atoms with van der Waals surface area (Å²) in [7, 11) is 0. The molecule has 2 aromatic carbocycles. The zero-order valence-electron chi connectivity index (χ0n) is 18.4. The lowest BCUT2D eigenvalue weighted by Gasteiger charge is -2.18. The van der Waals surface area contributed by atoms with Crippen molar-refractivity contribution in [1.29, 1.82) is 0 Å². The Hall–Kier alpha value is -3.36. The summed E-state index contributed by atoms with van der Waals surface area (Å²) in [6.45, 7) is 4.04. The van der Waals surface area contributed by atoms with Gasteiger partial charge in [-0.05, 0) is 35.4 Å². The van der Waals surface area contributed by atoms with Crippen molar-refractivity contribution in [3.8, 4) is 0 Å². The first-order valence-electron chi connectivity index (χ1n) is 10.6. The molecule has 2 aromatic rings. The van der Waals surface area contributed by atoms with Crippen LogP contribution in [0.3, 0.4) is 0 Å². The van der Waals surface area contributed by atoms with Gasteiger partial charge in [0.15, 0.2) is 0 Å². The maximum Gasteiger partial charge on any atom is 0.416 e. The van der Waals surface area contributed by atoms with E-state index in [1.165, 1.54) is 17.0 Å². The van der Waals surface area contributed by atoms with E-state index in [1.54, 1.807) is 38.1 Å². The molecule has 1 unspecified atom stereocenters. The third-order valence-electron chi connectivity index (χ3n) is 5.43. The number of nitrogens with zero attached hydrogens (tertiary/aromatic N) is 1. The number of halogens is 3. The summed E-state index contributed by atoms with van der Waals surface area (Å²) < 4.78 is 38.7. The summed E-state index contributed by atoms with van der Waals surface area (Å²) in [4.78, 5) is 38.0. The van der Waals surface area contributed by atoms with E-state index in [4.69, 9.17) is 0 Å². The van der Waals surface area contributed by atoms with Gasteiger partial charge in [-0.1, -0.05) is 38.1 Å². The van der Waals surface area contributed by atoms with Gasteiger partial charge in [0.05, 0.1) is 11.5 Å². The van der Waals surface area contributed by atoms with Crippen molar-refractivity contribution >= 4 is 23.4 Å². The average Bonchev–Trinajstić information content (AvgIpc) is 3.12. The van der Waals surface area contributed by atoms with Crippen LogP contribution in [0.5, 0.6) is 0 Å². The zero-order valence-corrected chi connectivity index (χ0v) is 18.4. The van der Waals surface area contributed by atoms with Gasteiger partial charge in [-0.3, -0.25) is 14.4 Å². The first-order valence-corrected chi connectivity index (χ1v) is 10.6. The topological polar surface area (TPSA) is 78.5 Å². The van der Waals surface area contributed by atoms with Gasteiger partial charge in [-0.15, -0.1) is 0 Å². The summed E-state index contributed by atoms with van der Waals surface area (Å²) in [5, 5.41) is 5.59. The van der Waals surface area contributed by atoms with Gasteiger partial charge in [-0.2, -0.15) is 13.2 Å². The molecule has 176 valence electrons. The first-order chi connectivity index (χ1) is 15.5. The number of alkyl halides is 3. The Labute approximate surface area is 190 Å². The smallest absolute Gasteiger partial charge is 0.352 e. The molecule has 0 aliphatic carbocycles. The fourth-order valence-corrected chi connectivity index (χ4v) is 3.49. The quantitative estimate of drug-likeness (QED) is 0.655. The molecule has 0 spiro atoms. The van der Waals surface area contributed by atoms with Crippen LogP contribution >= 0.6 is 0 Å². The monoisotopic (exact) mass is 461 g/mol. The number of anilines is 1.